The van der Waals surface area contributed by atoms with Gasteiger partial charge in [-0.15, -0.1) is 0 Å². The van der Waals surface area contributed by atoms with E-state index in [0.717, 1.165) is 6.42 Å². The molecule has 1 atom stereocenters. The Hall–Kier alpha value is -1.56. The average Bonchev–Trinajstić information content (AvgIpc) is 2.35. The van der Waals surface area contributed by atoms with Gasteiger partial charge in [-0.1, -0.05) is 36.7 Å². The number of nitrogens with one attached hydrogen (secondary N) is 2. The number of carboxylic acids is 1. The summed E-state index contributed by atoms with van der Waals surface area (Å²) in [5.74, 6) is -0.768. The van der Waals surface area contributed by atoms with Crippen molar-refractivity contribution >= 4 is 33.6 Å². The highest BCUT2D eigenvalue weighted by Gasteiger charge is 2.16. The van der Waals surface area contributed by atoms with Gasteiger partial charge in [0.2, 0.25) is 0 Å². The summed E-state index contributed by atoms with van der Waals surface area (Å²) < 4.78 is 0.703. The first-order chi connectivity index (χ1) is 9.35. The Balaban J connectivity index is 2.85. The van der Waals surface area contributed by atoms with Gasteiger partial charge in [0.15, 0.2) is 0 Å². The van der Waals surface area contributed by atoms with E-state index in [1.807, 2.05) is 20.8 Å². The van der Waals surface area contributed by atoms with Crippen molar-refractivity contribution < 1.29 is 14.7 Å². The number of carbonyl (C=O) groups excluding carboxylic acids is 1. The highest BCUT2D eigenvalue weighted by molar-refractivity contribution is 9.10. The molecular formula is C14H19BrN2O3. The molecule has 0 saturated carbocycles. The van der Waals surface area contributed by atoms with Crippen molar-refractivity contribution in [1.29, 1.82) is 0 Å². The van der Waals surface area contributed by atoms with Gasteiger partial charge in [0, 0.05) is 10.5 Å². The summed E-state index contributed by atoms with van der Waals surface area (Å²) in [6.07, 6.45) is 0.815. The molecule has 110 valence electrons. The summed E-state index contributed by atoms with van der Waals surface area (Å²) in [6, 6.07) is 4.29. The summed E-state index contributed by atoms with van der Waals surface area (Å²) >= 11 is 3.26. The number of benzene rings is 1. The third-order valence-electron chi connectivity index (χ3n) is 3.02. The number of halogens is 1. The second-order valence-electron chi connectivity index (χ2n) is 4.85. The monoisotopic (exact) mass is 342 g/mol. The van der Waals surface area contributed by atoms with Crippen LogP contribution in [0.15, 0.2) is 22.7 Å². The van der Waals surface area contributed by atoms with Gasteiger partial charge in [0.05, 0.1) is 11.3 Å². The van der Waals surface area contributed by atoms with Crippen molar-refractivity contribution in [1.82, 2.24) is 5.32 Å². The second kappa shape index (κ2) is 7.28. The fourth-order valence-corrected chi connectivity index (χ4v) is 2.23. The van der Waals surface area contributed by atoms with Crippen molar-refractivity contribution in [2.24, 2.45) is 5.92 Å². The van der Waals surface area contributed by atoms with Gasteiger partial charge < -0.3 is 15.7 Å². The fourth-order valence-electron chi connectivity index (χ4n) is 1.87. The Morgan fingerprint density at radius 1 is 1.35 bits per heavy atom. The minimum absolute atomic E-state index is 0.0513. The van der Waals surface area contributed by atoms with Crippen LogP contribution in [0.25, 0.3) is 0 Å². The highest BCUT2D eigenvalue weighted by atomic mass is 79.9. The lowest BCUT2D eigenvalue weighted by atomic mass is 10.0. The normalized spacial score (nSPS) is 12.1. The van der Waals surface area contributed by atoms with E-state index in [-0.39, 0.29) is 17.3 Å². The number of hydrogen-bond acceptors (Lipinski definition) is 2. The van der Waals surface area contributed by atoms with E-state index >= 15 is 0 Å². The first-order valence-corrected chi connectivity index (χ1v) is 7.24. The van der Waals surface area contributed by atoms with Gasteiger partial charge in [-0.3, -0.25) is 0 Å². The molecule has 0 spiro atoms. The van der Waals surface area contributed by atoms with Crippen LogP contribution in [0.1, 0.15) is 37.6 Å². The molecule has 0 aliphatic heterocycles. The molecule has 20 heavy (non-hydrogen) atoms. The summed E-state index contributed by atoms with van der Waals surface area (Å²) in [4.78, 5) is 23.1. The summed E-state index contributed by atoms with van der Waals surface area (Å²) in [6.45, 7) is 6.04. The molecule has 6 heteroatoms. The lowest BCUT2D eigenvalue weighted by Gasteiger charge is -2.21. The molecule has 0 bridgehead atoms. The number of carbonyl (C=O) groups is 2. The van der Waals surface area contributed by atoms with Crippen LogP contribution in [-0.4, -0.2) is 23.1 Å². The Labute approximate surface area is 126 Å². The average molecular weight is 343 g/mol. The second-order valence-corrected chi connectivity index (χ2v) is 5.77. The maximum atomic E-state index is 11.9. The van der Waals surface area contributed by atoms with Crippen molar-refractivity contribution in [3.63, 3.8) is 0 Å². The molecule has 5 nitrogen and oxygen atoms in total. The summed E-state index contributed by atoms with van der Waals surface area (Å²) in [5.41, 5.74) is 0.323. The Morgan fingerprint density at radius 2 is 2.00 bits per heavy atom. The molecule has 0 heterocycles. The minimum Gasteiger partial charge on any atom is -0.478 e. The molecule has 0 aromatic heterocycles. The molecular weight excluding hydrogens is 324 g/mol. The zero-order valence-electron chi connectivity index (χ0n) is 11.7. The van der Waals surface area contributed by atoms with E-state index in [1.54, 1.807) is 12.1 Å². The number of rotatable bonds is 5. The minimum atomic E-state index is -1.08. The molecule has 3 N–H and O–H groups in total. The van der Waals surface area contributed by atoms with E-state index in [9.17, 15) is 9.59 Å². The van der Waals surface area contributed by atoms with Gasteiger partial charge in [-0.2, -0.15) is 0 Å². The first kappa shape index (κ1) is 16.5. The third-order valence-corrected chi connectivity index (χ3v) is 3.51. The van der Waals surface area contributed by atoms with Crippen molar-refractivity contribution in [3.05, 3.63) is 28.2 Å². The Bertz CT molecular complexity index is 503. The molecule has 0 radical (unpaired) electrons. The lowest BCUT2D eigenvalue weighted by molar-refractivity contribution is 0.0698. The largest absolute Gasteiger partial charge is 0.478 e. The van der Waals surface area contributed by atoms with Crippen molar-refractivity contribution in [3.8, 4) is 0 Å². The van der Waals surface area contributed by atoms with Gasteiger partial charge in [-0.25, -0.2) is 9.59 Å². The van der Waals surface area contributed by atoms with Crippen LogP contribution in [0.4, 0.5) is 10.5 Å². The molecule has 1 aromatic rings. The summed E-state index contributed by atoms with van der Waals surface area (Å²) in [5, 5.41) is 14.5. The van der Waals surface area contributed by atoms with Crippen LogP contribution in [0.3, 0.4) is 0 Å². The van der Waals surface area contributed by atoms with Crippen LogP contribution in [0, 0.1) is 5.92 Å². The van der Waals surface area contributed by atoms with Gasteiger partial charge in [0.25, 0.3) is 0 Å². The molecule has 1 rings (SSSR count). The predicted octanol–water partition coefficient (Wildman–Crippen LogP) is 3.70. The molecule has 0 saturated heterocycles. The lowest BCUT2D eigenvalue weighted by Crippen LogP contribution is -2.40. The molecule has 0 aliphatic rings. The SMILES string of the molecule is CCC(NC(=O)Nc1cc(Br)ccc1C(=O)O)C(C)C. The first-order valence-electron chi connectivity index (χ1n) is 6.45. The zero-order valence-corrected chi connectivity index (χ0v) is 13.3. The van der Waals surface area contributed by atoms with Crippen LogP contribution in [0.5, 0.6) is 0 Å². The quantitative estimate of drug-likeness (QED) is 0.763. The summed E-state index contributed by atoms with van der Waals surface area (Å²) in [7, 11) is 0. The van der Waals surface area contributed by atoms with E-state index in [1.165, 1.54) is 6.07 Å². The molecule has 0 fully saturated rings. The number of urea groups is 1. The topological polar surface area (TPSA) is 78.4 Å². The number of anilines is 1. The van der Waals surface area contributed by atoms with E-state index < -0.39 is 12.0 Å². The van der Waals surface area contributed by atoms with Crippen LogP contribution < -0.4 is 10.6 Å². The van der Waals surface area contributed by atoms with Gasteiger partial charge in [-0.05, 0) is 30.5 Å². The van der Waals surface area contributed by atoms with Crippen LogP contribution >= 0.6 is 15.9 Å². The predicted molar refractivity (Wildman–Crippen MR) is 82.2 cm³/mol. The van der Waals surface area contributed by atoms with E-state index in [0.29, 0.717) is 10.4 Å². The zero-order chi connectivity index (χ0) is 15.3. The maximum absolute atomic E-state index is 11.9. The standard InChI is InChI=1S/C14H19BrN2O3/c1-4-11(8(2)3)16-14(20)17-12-7-9(15)5-6-10(12)13(18)19/h5-8,11H,4H2,1-3H3,(H,18,19)(H2,16,17,20). The molecule has 2 amide bonds. The van der Waals surface area contributed by atoms with Crippen LogP contribution in [0.2, 0.25) is 0 Å². The van der Waals surface area contributed by atoms with E-state index in [2.05, 4.69) is 26.6 Å². The van der Waals surface area contributed by atoms with Gasteiger partial charge in [0.1, 0.15) is 0 Å². The number of carboxylic acid groups (broad SMARTS) is 1. The van der Waals surface area contributed by atoms with E-state index in [4.69, 9.17) is 5.11 Å². The highest BCUT2D eigenvalue weighted by Crippen LogP contribution is 2.21. The Kier molecular flexibility index (Phi) is 6.01. The van der Waals surface area contributed by atoms with Crippen molar-refractivity contribution in [2.75, 3.05) is 5.32 Å². The number of amides is 2. The fraction of sp³-hybridized carbons (Fsp3) is 0.429. The Morgan fingerprint density at radius 3 is 2.50 bits per heavy atom. The molecule has 1 aromatic carbocycles. The van der Waals surface area contributed by atoms with Gasteiger partial charge >= 0.3 is 12.0 Å². The number of aromatic carboxylic acids is 1. The van der Waals surface area contributed by atoms with Crippen molar-refractivity contribution in [2.45, 2.75) is 33.2 Å². The molecule has 1 unspecified atom stereocenters. The third kappa shape index (κ3) is 4.52. The number of hydrogen-bond donors (Lipinski definition) is 3. The van der Waals surface area contributed by atoms with Crippen LogP contribution in [-0.2, 0) is 0 Å². The maximum Gasteiger partial charge on any atom is 0.337 e. The molecule has 0 aliphatic carbocycles. The smallest absolute Gasteiger partial charge is 0.337 e.